The number of rotatable bonds is 3. The lowest BCUT2D eigenvalue weighted by molar-refractivity contribution is -0.255. The number of carboxylic acids is 1. The maximum Gasteiger partial charge on any atom is 0.450 e. The van der Waals surface area contributed by atoms with Gasteiger partial charge in [-0.2, -0.15) is 13.2 Å². The fraction of sp³-hybridized carbons (Fsp3) is 0.111. The van der Waals surface area contributed by atoms with Gasteiger partial charge in [0.1, 0.15) is 11.3 Å². The second kappa shape index (κ2) is 6.21. The van der Waals surface area contributed by atoms with Gasteiger partial charge in [-0.1, -0.05) is 24.3 Å². The van der Waals surface area contributed by atoms with E-state index in [9.17, 15) is 27.9 Å². The molecule has 0 saturated carbocycles. The van der Waals surface area contributed by atoms with Crippen LogP contribution in [0.5, 0.6) is 5.75 Å². The Morgan fingerprint density at radius 1 is 1.12 bits per heavy atom. The van der Waals surface area contributed by atoms with E-state index in [0.717, 1.165) is 24.3 Å². The molecule has 0 fully saturated rings. The summed E-state index contributed by atoms with van der Waals surface area (Å²) >= 11 is 0. The third kappa shape index (κ3) is 3.01. The largest absolute Gasteiger partial charge is 0.545 e. The van der Waals surface area contributed by atoms with Crippen LogP contribution in [0.4, 0.5) is 13.2 Å². The molecule has 0 N–H and O–H groups in total. The zero-order valence-corrected chi connectivity index (χ0v) is 13.2. The van der Waals surface area contributed by atoms with Crippen LogP contribution >= 0.6 is 0 Å². The summed E-state index contributed by atoms with van der Waals surface area (Å²) in [5.74, 6) is -2.71. The summed E-state index contributed by atoms with van der Waals surface area (Å²) in [7, 11) is 1.33. The molecule has 3 rings (SSSR count). The van der Waals surface area contributed by atoms with Crippen LogP contribution in [0.2, 0.25) is 0 Å². The second-order valence-corrected chi connectivity index (χ2v) is 5.36. The topological polar surface area (TPSA) is 79.6 Å². The summed E-state index contributed by atoms with van der Waals surface area (Å²) in [5, 5.41) is 10.7. The van der Waals surface area contributed by atoms with Crippen LogP contribution in [0.3, 0.4) is 0 Å². The Kier molecular flexibility index (Phi) is 4.19. The molecule has 2 aromatic carbocycles. The molecular formula is C18H10F3O5-. The molecule has 0 atom stereocenters. The molecule has 134 valence electrons. The van der Waals surface area contributed by atoms with Crippen molar-refractivity contribution in [3.05, 3.63) is 64.0 Å². The van der Waals surface area contributed by atoms with Gasteiger partial charge in [0.05, 0.1) is 24.0 Å². The molecule has 0 aliphatic carbocycles. The number of alkyl halides is 3. The molecule has 0 saturated heterocycles. The first kappa shape index (κ1) is 17.5. The van der Waals surface area contributed by atoms with Crippen LogP contribution in [0.15, 0.2) is 51.7 Å². The standard InChI is InChI=1S/C18H11F3O5/c1-25-11-6-7-12-13(8-11)26-16(18(19,20)21)14(15(12)22)9-2-4-10(5-3-9)17(23)24/h2-8H,1H3,(H,23,24)/p-1. The van der Waals surface area contributed by atoms with Crippen molar-refractivity contribution in [1.29, 1.82) is 0 Å². The Bertz CT molecular complexity index is 1050. The van der Waals surface area contributed by atoms with Crippen LogP contribution in [-0.4, -0.2) is 13.1 Å². The van der Waals surface area contributed by atoms with Crippen LogP contribution in [0, 0.1) is 0 Å². The molecule has 0 aliphatic rings. The number of methoxy groups -OCH3 is 1. The highest BCUT2D eigenvalue weighted by Gasteiger charge is 2.39. The van der Waals surface area contributed by atoms with E-state index in [1.165, 1.54) is 25.3 Å². The van der Waals surface area contributed by atoms with Crippen molar-refractivity contribution in [1.82, 2.24) is 0 Å². The molecular weight excluding hydrogens is 353 g/mol. The van der Waals surface area contributed by atoms with Crippen molar-refractivity contribution in [2.45, 2.75) is 6.18 Å². The van der Waals surface area contributed by atoms with Gasteiger partial charge in [-0.25, -0.2) is 0 Å². The van der Waals surface area contributed by atoms with Gasteiger partial charge < -0.3 is 19.1 Å². The lowest BCUT2D eigenvalue weighted by Crippen LogP contribution is -2.22. The van der Waals surface area contributed by atoms with Crippen molar-refractivity contribution >= 4 is 16.9 Å². The predicted octanol–water partition coefficient (Wildman–Crippen LogP) is 2.85. The molecule has 3 aromatic rings. The van der Waals surface area contributed by atoms with E-state index in [0.29, 0.717) is 0 Å². The number of ether oxygens (including phenoxy) is 1. The Balaban J connectivity index is 2.34. The molecule has 8 heteroatoms. The maximum atomic E-state index is 13.5. The van der Waals surface area contributed by atoms with Crippen molar-refractivity contribution < 1.29 is 32.2 Å². The van der Waals surface area contributed by atoms with Crippen molar-refractivity contribution in [2.75, 3.05) is 7.11 Å². The number of carbonyl (C=O) groups excluding carboxylic acids is 1. The first-order valence-corrected chi connectivity index (χ1v) is 7.26. The van der Waals surface area contributed by atoms with Crippen LogP contribution in [-0.2, 0) is 6.18 Å². The average Bonchev–Trinajstić information content (AvgIpc) is 2.60. The molecule has 0 spiro atoms. The molecule has 26 heavy (non-hydrogen) atoms. The highest BCUT2D eigenvalue weighted by molar-refractivity contribution is 5.88. The van der Waals surface area contributed by atoms with Gasteiger partial charge in [0.15, 0.2) is 0 Å². The Hall–Kier alpha value is -3.29. The summed E-state index contributed by atoms with van der Waals surface area (Å²) in [6.45, 7) is 0. The third-order valence-corrected chi connectivity index (χ3v) is 3.77. The number of aromatic carboxylic acids is 1. The van der Waals surface area contributed by atoms with Gasteiger partial charge in [-0.3, -0.25) is 4.79 Å². The highest BCUT2D eigenvalue weighted by atomic mass is 19.4. The van der Waals surface area contributed by atoms with Crippen LogP contribution < -0.4 is 15.3 Å². The van der Waals surface area contributed by atoms with Crippen molar-refractivity contribution in [3.8, 4) is 16.9 Å². The van der Waals surface area contributed by atoms with Gasteiger partial charge in [0, 0.05) is 6.07 Å². The van der Waals surface area contributed by atoms with E-state index in [1.54, 1.807) is 0 Å². The Morgan fingerprint density at radius 2 is 1.77 bits per heavy atom. The quantitative estimate of drug-likeness (QED) is 0.715. The number of halogens is 3. The van der Waals surface area contributed by atoms with Crippen LogP contribution in [0.1, 0.15) is 16.1 Å². The highest BCUT2D eigenvalue weighted by Crippen LogP contribution is 2.37. The number of fused-ring (bicyclic) bond motifs is 1. The minimum Gasteiger partial charge on any atom is -0.545 e. The summed E-state index contributed by atoms with van der Waals surface area (Å²) in [4.78, 5) is 23.5. The molecule has 1 heterocycles. The molecule has 0 unspecified atom stereocenters. The zero-order valence-electron chi connectivity index (χ0n) is 13.2. The normalized spacial score (nSPS) is 11.5. The predicted molar refractivity (Wildman–Crippen MR) is 83.8 cm³/mol. The molecule has 1 aromatic heterocycles. The average molecular weight is 363 g/mol. The van der Waals surface area contributed by atoms with E-state index >= 15 is 0 Å². The van der Waals surface area contributed by atoms with E-state index in [2.05, 4.69) is 0 Å². The van der Waals surface area contributed by atoms with Gasteiger partial charge in [0.2, 0.25) is 11.2 Å². The lowest BCUT2D eigenvalue weighted by Gasteiger charge is -2.13. The Labute approximate surface area is 144 Å². The van der Waals surface area contributed by atoms with Crippen molar-refractivity contribution in [2.24, 2.45) is 0 Å². The molecule has 5 nitrogen and oxygen atoms in total. The number of hydrogen-bond donors (Lipinski definition) is 0. The first-order valence-electron chi connectivity index (χ1n) is 7.26. The van der Waals surface area contributed by atoms with E-state index in [4.69, 9.17) is 9.15 Å². The summed E-state index contributed by atoms with van der Waals surface area (Å²) < 4.78 is 50.3. The third-order valence-electron chi connectivity index (χ3n) is 3.77. The summed E-state index contributed by atoms with van der Waals surface area (Å²) in [6, 6.07) is 8.23. The number of carboxylic acid groups (broad SMARTS) is 1. The minimum absolute atomic E-state index is 0.0576. The second-order valence-electron chi connectivity index (χ2n) is 5.36. The number of benzene rings is 2. The number of hydrogen-bond acceptors (Lipinski definition) is 5. The first-order chi connectivity index (χ1) is 12.2. The fourth-order valence-corrected chi connectivity index (χ4v) is 2.54. The summed E-state index contributed by atoms with van der Waals surface area (Å²) in [5.41, 5.74) is -2.19. The van der Waals surface area contributed by atoms with Gasteiger partial charge in [-0.05, 0) is 23.3 Å². The SMILES string of the molecule is COc1ccc2c(=O)c(-c3ccc(C(=O)[O-])cc3)c(C(F)(F)F)oc2c1. The van der Waals surface area contributed by atoms with Crippen LogP contribution in [0.25, 0.3) is 22.1 Å². The maximum absolute atomic E-state index is 13.5. The van der Waals surface area contributed by atoms with Gasteiger partial charge >= 0.3 is 6.18 Å². The van der Waals surface area contributed by atoms with E-state index in [-0.39, 0.29) is 27.8 Å². The fourth-order valence-electron chi connectivity index (χ4n) is 2.54. The monoisotopic (exact) mass is 363 g/mol. The van der Waals surface area contributed by atoms with E-state index < -0.39 is 28.9 Å². The Morgan fingerprint density at radius 3 is 2.31 bits per heavy atom. The molecule has 0 amide bonds. The molecule has 0 bridgehead atoms. The smallest absolute Gasteiger partial charge is 0.450 e. The molecule has 0 aliphatic heterocycles. The molecule has 0 radical (unpaired) electrons. The lowest BCUT2D eigenvalue weighted by atomic mass is 10.0. The zero-order chi connectivity index (χ0) is 19.1. The summed E-state index contributed by atoms with van der Waals surface area (Å²) in [6.07, 6.45) is -4.93. The van der Waals surface area contributed by atoms with Crippen molar-refractivity contribution in [3.63, 3.8) is 0 Å². The minimum atomic E-state index is -4.93. The van der Waals surface area contributed by atoms with E-state index in [1.807, 2.05) is 0 Å². The van der Waals surface area contributed by atoms with Gasteiger partial charge in [0.25, 0.3) is 0 Å². The van der Waals surface area contributed by atoms with Gasteiger partial charge in [-0.15, -0.1) is 0 Å². The number of carbonyl (C=O) groups is 1.